The molecule has 0 saturated carbocycles. The second-order valence-electron chi connectivity index (χ2n) is 9.74. The number of fused-ring (bicyclic) bond motifs is 1. The number of aliphatic hydroxyl groups excluding tert-OH is 1. The fraction of sp³-hybridized carbons (Fsp3) is 0.357. The molecule has 0 aliphatic carbocycles. The second kappa shape index (κ2) is 9.96. The average Bonchev–Trinajstić information content (AvgIpc) is 3.29. The van der Waals surface area contributed by atoms with E-state index in [1.807, 2.05) is 61.1 Å². The number of benzene rings is 2. The summed E-state index contributed by atoms with van der Waals surface area (Å²) in [5.41, 5.74) is 2.39. The van der Waals surface area contributed by atoms with Gasteiger partial charge in [0.25, 0.3) is 11.7 Å². The van der Waals surface area contributed by atoms with Gasteiger partial charge in [0.1, 0.15) is 11.5 Å². The Bertz CT molecular complexity index is 1270. The third kappa shape index (κ3) is 4.82. The molecular formula is C28H33N3O4. The third-order valence-electron chi connectivity index (χ3n) is 6.26. The number of likely N-dealkylation sites (tertiary alicyclic amines) is 1. The molecule has 0 radical (unpaired) electrons. The molecule has 1 saturated heterocycles. The summed E-state index contributed by atoms with van der Waals surface area (Å²) in [4.78, 5) is 30.0. The molecule has 1 amide bonds. The normalized spacial score (nSPS) is 17.8. The first kappa shape index (κ1) is 24.5. The van der Waals surface area contributed by atoms with E-state index < -0.39 is 17.7 Å². The number of nitrogens with zero attached hydrogens (tertiary/aromatic N) is 3. The number of likely N-dealkylation sites (N-methyl/N-ethyl adjacent to an activating group) is 1. The Labute approximate surface area is 206 Å². The van der Waals surface area contributed by atoms with Gasteiger partial charge in [-0.1, -0.05) is 32.0 Å². The van der Waals surface area contributed by atoms with Gasteiger partial charge in [-0.05, 0) is 50.3 Å². The van der Waals surface area contributed by atoms with Crippen LogP contribution >= 0.6 is 0 Å². The zero-order valence-corrected chi connectivity index (χ0v) is 21.0. The molecule has 1 unspecified atom stereocenters. The van der Waals surface area contributed by atoms with Gasteiger partial charge in [0.15, 0.2) is 0 Å². The molecule has 0 spiro atoms. The number of ether oxygens (including phenoxy) is 1. The zero-order chi connectivity index (χ0) is 25.3. The first-order valence-corrected chi connectivity index (χ1v) is 11.9. The molecule has 35 heavy (non-hydrogen) atoms. The van der Waals surface area contributed by atoms with Crippen LogP contribution in [0.3, 0.4) is 0 Å². The number of aromatic nitrogens is 1. The summed E-state index contributed by atoms with van der Waals surface area (Å²) in [6.45, 7) is 5.69. The van der Waals surface area contributed by atoms with Crippen LogP contribution < -0.4 is 4.74 Å². The lowest BCUT2D eigenvalue weighted by Gasteiger charge is -2.26. The van der Waals surface area contributed by atoms with E-state index in [1.165, 1.54) is 0 Å². The molecule has 1 atom stereocenters. The van der Waals surface area contributed by atoms with Crippen LogP contribution in [0, 0.1) is 5.92 Å². The quantitative estimate of drug-likeness (QED) is 0.300. The lowest BCUT2D eigenvalue weighted by atomic mass is 9.95. The number of amides is 1. The van der Waals surface area contributed by atoms with Gasteiger partial charge in [-0.15, -0.1) is 0 Å². The number of para-hydroxylation sites is 1. The molecule has 1 N–H and O–H groups in total. The van der Waals surface area contributed by atoms with Crippen molar-refractivity contribution < 1.29 is 19.4 Å². The molecule has 2 aromatic carbocycles. The lowest BCUT2D eigenvalue weighted by Crippen LogP contribution is -2.35. The van der Waals surface area contributed by atoms with Gasteiger partial charge in [0, 0.05) is 48.4 Å². The van der Waals surface area contributed by atoms with E-state index in [4.69, 9.17) is 4.74 Å². The highest BCUT2D eigenvalue weighted by Crippen LogP contribution is 2.42. The summed E-state index contributed by atoms with van der Waals surface area (Å²) in [7, 11) is 5.78. The van der Waals surface area contributed by atoms with Gasteiger partial charge >= 0.3 is 0 Å². The Morgan fingerprint density at radius 3 is 2.43 bits per heavy atom. The molecule has 1 aliphatic heterocycles. The number of aliphatic hydroxyl groups is 1. The number of Topliss-reactive ketones (excluding diaryl/α,β-unsaturated/α-hetero) is 1. The molecule has 4 rings (SSSR count). The Morgan fingerprint density at radius 2 is 1.77 bits per heavy atom. The van der Waals surface area contributed by atoms with Gasteiger partial charge < -0.3 is 24.2 Å². The number of hydrogen-bond donors (Lipinski definition) is 1. The maximum Gasteiger partial charge on any atom is 0.295 e. The Kier molecular flexibility index (Phi) is 6.98. The van der Waals surface area contributed by atoms with Gasteiger partial charge in [-0.2, -0.15) is 0 Å². The Morgan fingerprint density at radius 1 is 1.09 bits per heavy atom. The first-order valence-electron chi connectivity index (χ1n) is 11.9. The molecule has 3 aromatic rings. The van der Waals surface area contributed by atoms with Crippen LogP contribution in [-0.4, -0.2) is 65.0 Å². The number of aryl methyl sites for hydroxylation is 1. The number of ketones is 1. The summed E-state index contributed by atoms with van der Waals surface area (Å²) in [5, 5.41) is 12.3. The van der Waals surface area contributed by atoms with Crippen molar-refractivity contribution in [1.82, 2.24) is 14.4 Å². The van der Waals surface area contributed by atoms with Gasteiger partial charge in [0.2, 0.25) is 0 Å². The van der Waals surface area contributed by atoms with Crippen LogP contribution in [0.4, 0.5) is 0 Å². The predicted molar refractivity (Wildman–Crippen MR) is 137 cm³/mol. The van der Waals surface area contributed by atoms with Crippen molar-refractivity contribution >= 4 is 28.4 Å². The van der Waals surface area contributed by atoms with Crippen LogP contribution in [0.5, 0.6) is 5.75 Å². The summed E-state index contributed by atoms with van der Waals surface area (Å²) in [6.07, 6.45) is 1.94. The highest BCUT2D eigenvalue weighted by molar-refractivity contribution is 6.46. The minimum Gasteiger partial charge on any atom is -0.507 e. The maximum atomic E-state index is 13.3. The van der Waals surface area contributed by atoms with Crippen molar-refractivity contribution in [2.45, 2.75) is 19.9 Å². The van der Waals surface area contributed by atoms with Crippen molar-refractivity contribution in [2.24, 2.45) is 13.0 Å². The average molecular weight is 476 g/mol. The smallest absolute Gasteiger partial charge is 0.295 e. The summed E-state index contributed by atoms with van der Waals surface area (Å²) >= 11 is 0. The van der Waals surface area contributed by atoms with E-state index in [0.717, 1.165) is 16.5 Å². The zero-order valence-electron chi connectivity index (χ0n) is 21.0. The Balaban J connectivity index is 1.82. The largest absolute Gasteiger partial charge is 0.507 e. The molecule has 1 aromatic heterocycles. The molecule has 1 aliphatic rings. The fourth-order valence-corrected chi connectivity index (χ4v) is 4.46. The maximum absolute atomic E-state index is 13.3. The third-order valence-corrected chi connectivity index (χ3v) is 6.26. The molecule has 2 heterocycles. The number of hydrogen-bond acceptors (Lipinski definition) is 5. The van der Waals surface area contributed by atoms with Gasteiger partial charge in [0.05, 0.1) is 18.2 Å². The number of carbonyl (C=O) groups is 2. The van der Waals surface area contributed by atoms with Gasteiger partial charge in [-0.25, -0.2) is 0 Å². The number of rotatable bonds is 8. The molecule has 1 fully saturated rings. The SMILES string of the molecule is CC(C)COc1ccc(/C(O)=C2\C(=O)C(=O)N(CCN(C)C)C2c2cn(C)c3ccccc23)cc1. The van der Waals surface area contributed by atoms with E-state index in [-0.39, 0.29) is 11.3 Å². The minimum absolute atomic E-state index is 0.112. The first-order chi connectivity index (χ1) is 16.7. The van der Waals surface area contributed by atoms with E-state index in [0.29, 0.717) is 36.9 Å². The van der Waals surface area contributed by atoms with Crippen LogP contribution in [0.15, 0.2) is 60.3 Å². The highest BCUT2D eigenvalue weighted by Gasteiger charge is 2.46. The molecule has 7 heteroatoms. The second-order valence-corrected chi connectivity index (χ2v) is 9.74. The summed E-state index contributed by atoms with van der Waals surface area (Å²) in [5.74, 6) is -0.360. The molecule has 7 nitrogen and oxygen atoms in total. The fourth-order valence-electron chi connectivity index (χ4n) is 4.46. The monoisotopic (exact) mass is 475 g/mol. The molecule has 184 valence electrons. The Hall–Kier alpha value is -3.58. The van der Waals surface area contributed by atoms with Crippen LogP contribution in [-0.2, 0) is 16.6 Å². The molecule has 0 bridgehead atoms. The van der Waals surface area contributed by atoms with E-state index >= 15 is 0 Å². The van der Waals surface area contributed by atoms with Gasteiger partial charge in [-0.3, -0.25) is 9.59 Å². The lowest BCUT2D eigenvalue weighted by molar-refractivity contribution is -0.140. The van der Waals surface area contributed by atoms with Crippen molar-refractivity contribution in [1.29, 1.82) is 0 Å². The highest BCUT2D eigenvalue weighted by atomic mass is 16.5. The van der Waals surface area contributed by atoms with Crippen molar-refractivity contribution in [3.8, 4) is 5.75 Å². The minimum atomic E-state index is -0.682. The van der Waals surface area contributed by atoms with Crippen LogP contribution in [0.2, 0.25) is 0 Å². The van der Waals surface area contributed by atoms with Crippen molar-refractivity contribution in [3.05, 3.63) is 71.4 Å². The van der Waals surface area contributed by atoms with Crippen LogP contribution in [0.25, 0.3) is 16.7 Å². The van der Waals surface area contributed by atoms with E-state index in [9.17, 15) is 14.7 Å². The topological polar surface area (TPSA) is 75.0 Å². The summed E-state index contributed by atoms with van der Waals surface area (Å²) < 4.78 is 7.73. The van der Waals surface area contributed by atoms with Crippen LogP contribution in [0.1, 0.15) is 31.0 Å². The molecular weight excluding hydrogens is 442 g/mol. The van der Waals surface area contributed by atoms with Crippen molar-refractivity contribution in [3.63, 3.8) is 0 Å². The van der Waals surface area contributed by atoms with E-state index in [2.05, 4.69) is 13.8 Å². The summed E-state index contributed by atoms with van der Waals surface area (Å²) in [6, 6.07) is 14.2. The predicted octanol–water partition coefficient (Wildman–Crippen LogP) is 4.20. The van der Waals surface area contributed by atoms with Crippen molar-refractivity contribution in [2.75, 3.05) is 33.8 Å². The number of carbonyl (C=O) groups excluding carboxylic acids is 2. The standard InChI is InChI=1S/C28H33N3O4/c1-18(2)17-35-20-12-10-19(11-13-20)26(32)24-25(31(15-14-29(3)4)28(34)27(24)33)22-16-30(5)23-9-7-6-8-21(22)23/h6-13,16,18,25,32H,14-15,17H2,1-5H3/b26-24+. The van der Waals surface area contributed by atoms with E-state index in [1.54, 1.807) is 29.2 Å².